The summed E-state index contributed by atoms with van der Waals surface area (Å²) in [5.74, 6) is -0.171. The lowest BCUT2D eigenvalue weighted by molar-refractivity contribution is -0.125. The minimum absolute atomic E-state index is 0.0252. The SMILES string of the molecule is CN1CCN(C(C)(C)CNC(=O)C2COCC2N)CC1. The minimum Gasteiger partial charge on any atom is -0.379 e. The molecule has 6 heteroatoms. The predicted octanol–water partition coefficient (Wildman–Crippen LogP) is -0.898. The molecule has 0 aromatic heterocycles. The molecule has 0 aromatic carbocycles. The molecule has 0 aromatic rings. The third-order valence-electron chi connectivity index (χ3n) is 4.52. The van der Waals surface area contributed by atoms with Crippen LogP contribution >= 0.6 is 0 Å². The Hall–Kier alpha value is -0.690. The number of hydrogen-bond acceptors (Lipinski definition) is 5. The molecular formula is C14H28N4O2. The van der Waals surface area contributed by atoms with Crippen LogP contribution in [-0.2, 0) is 9.53 Å². The first-order chi connectivity index (χ1) is 9.40. The molecule has 2 aliphatic rings. The number of nitrogens with zero attached hydrogens (tertiary/aromatic N) is 2. The highest BCUT2D eigenvalue weighted by Crippen LogP contribution is 2.17. The van der Waals surface area contributed by atoms with Gasteiger partial charge < -0.3 is 20.7 Å². The highest BCUT2D eigenvalue weighted by molar-refractivity contribution is 5.79. The maximum absolute atomic E-state index is 12.1. The summed E-state index contributed by atoms with van der Waals surface area (Å²) in [5, 5.41) is 3.05. The van der Waals surface area contributed by atoms with Gasteiger partial charge >= 0.3 is 0 Å². The summed E-state index contributed by atoms with van der Waals surface area (Å²) in [7, 11) is 2.15. The lowest BCUT2D eigenvalue weighted by atomic mass is 9.99. The molecule has 0 aliphatic carbocycles. The van der Waals surface area contributed by atoms with Crippen LogP contribution in [0.3, 0.4) is 0 Å². The van der Waals surface area contributed by atoms with Crippen LogP contribution in [0, 0.1) is 5.92 Å². The van der Waals surface area contributed by atoms with E-state index >= 15 is 0 Å². The number of carbonyl (C=O) groups is 1. The Bertz CT molecular complexity index is 340. The van der Waals surface area contributed by atoms with Gasteiger partial charge in [-0.15, -0.1) is 0 Å². The van der Waals surface area contributed by atoms with Gasteiger partial charge in [0.05, 0.1) is 19.1 Å². The number of carbonyl (C=O) groups excluding carboxylic acids is 1. The molecule has 0 saturated carbocycles. The highest BCUT2D eigenvalue weighted by Gasteiger charge is 2.34. The van der Waals surface area contributed by atoms with Crippen molar-refractivity contribution in [2.45, 2.75) is 25.4 Å². The molecule has 20 heavy (non-hydrogen) atoms. The second-order valence-electron chi connectivity index (χ2n) is 6.63. The molecular weight excluding hydrogens is 256 g/mol. The number of rotatable bonds is 4. The van der Waals surface area contributed by atoms with Crippen molar-refractivity contribution in [2.24, 2.45) is 11.7 Å². The molecule has 2 fully saturated rings. The summed E-state index contributed by atoms with van der Waals surface area (Å²) in [6.45, 7) is 10.2. The van der Waals surface area contributed by atoms with Gasteiger partial charge in [-0.25, -0.2) is 0 Å². The number of ether oxygens (including phenoxy) is 1. The summed E-state index contributed by atoms with van der Waals surface area (Å²) >= 11 is 0. The Morgan fingerprint density at radius 1 is 1.30 bits per heavy atom. The smallest absolute Gasteiger partial charge is 0.227 e. The molecule has 3 N–H and O–H groups in total. The minimum atomic E-state index is -0.196. The van der Waals surface area contributed by atoms with Crippen molar-refractivity contribution in [2.75, 3.05) is 53.0 Å². The van der Waals surface area contributed by atoms with Gasteiger partial charge in [0.15, 0.2) is 0 Å². The van der Waals surface area contributed by atoms with E-state index in [4.69, 9.17) is 10.5 Å². The second-order valence-corrected chi connectivity index (χ2v) is 6.63. The lowest BCUT2D eigenvalue weighted by Gasteiger charge is -2.43. The van der Waals surface area contributed by atoms with Crippen molar-refractivity contribution >= 4 is 5.91 Å². The Kier molecular flexibility index (Phi) is 5.01. The van der Waals surface area contributed by atoms with E-state index in [0.717, 1.165) is 26.2 Å². The van der Waals surface area contributed by atoms with Crippen molar-refractivity contribution < 1.29 is 9.53 Å². The summed E-state index contributed by atoms with van der Waals surface area (Å²) in [6.07, 6.45) is 0. The van der Waals surface area contributed by atoms with Gasteiger partial charge in [-0.2, -0.15) is 0 Å². The van der Waals surface area contributed by atoms with Crippen LogP contribution in [0.1, 0.15) is 13.8 Å². The number of likely N-dealkylation sites (N-methyl/N-ethyl adjacent to an activating group) is 1. The van der Waals surface area contributed by atoms with Crippen molar-refractivity contribution in [1.29, 1.82) is 0 Å². The van der Waals surface area contributed by atoms with Gasteiger partial charge in [-0.3, -0.25) is 9.69 Å². The van der Waals surface area contributed by atoms with Crippen molar-refractivity contribution in [3.8, 4) is 0 Å². The van der Waals surface area contributed by atoms with E-state index < -0.39 is 0 Å². The van der Waals surface area contributed by atoms with Crippen LogP contribution in [0.5, 0.6) is 0 Å². The van der Waals surface area contributed by atoms with Crippen molar-refractivity contribution in [3.05, 3.63) is 0 Å². The number of nitrogens with two attached hydrogens (primary N) is 1. The van der Waals surface area contributed by atoms with Crippen LogP contribution in [0.4, 0.5) is 0 Å². The Labute approximate surface area is 121 Å². The standard InChI is InChI=1S/C14H28N4O2/c1-14(2,18-6-4-17(3)5-7-18)10-16-13(19)11-8-20-9-12(11)15/h11-12H,4-10,15H2,1-3H3,(H,16,19). The van der Waals surface area contributed by atoms with E-state index in [1.807, 2.05) is 0 Å². The Balaban J connectivity index is 1.81. The largest absolute Gasteiger partial charge is 0.379 e. The third kappa shape index (κ3) is 3.69. The number of hydrogen-bond donors (Lipinski definition) is 2. The fourth-order valence-corrected chi connectivity index (χ4v) is 2.80. The maximum Gasteiger partial charge on any atom is 0.227 e. The Morgan fingerprint density at radius 3 is 2.50 bits per heavy atom. The van der Waals surface area contributed by atoms with Crippen LogP contribution < -0.4 is 11.1 Å². The molecule has 0 radical (unpaired) electrons. The fourth-order valence-electron chi connectivity index (χ4n) is 2.80. The topological polar surface area (TPSA) is 70.8 Å². The van der Waals surface area contributed by atoms with E-state index in [2.05, 4.69) is 36.0 Å². The van der Waals surface area contributed by atoms with E-state index in [0.29, 0.717) is 19.8 Å². The zero-order chi connectivity index (χ0) is 14.8. The zero-order valence-electron chi connectivity index (χ0n) is 12.9. The first-order valence-electron chi connectivity index (χ1n) is 7.45. The first kappa shape index (κ1) is 15.7. The first-order valence-corrected chi connectivity index (χ1v) is 7.45. The van der Waals surface area contributed by atoms with E-state index in [1.165, 1.54) is 0 Å². The van der Waals surface area contributed by atoms with E-state index in [9.17, 15) is 4.79 Å². The summed E-state index contributed by atoms with van der Waals surface area (Å²) in [4.78, 5) is 16.9. The normalized spacial score (nSPS) is 29.6. The van der Waals surface area contributed by atoms with E-state index in [1.54, 1.807) is 0 Å². The molecule has 1 amide bonds. The fraction of sp³-hybridized carbons (Fsp3) is 0.929. The average molecular weight is 284 g/mol. The maximum atomic E-state index is 12.1. The lowest BCUT2D eigenvalue weighted by Crippen LogP contribution is -2.58. The average Bonchev–Trinajstić information content (AvgIpc) is 2.83. The van der Waals surface area contributed by atoms with Crippen LogP contribution in [0.25, 0.3) is 0 Å². The molecule has 0 bridgehead atoms. The molecule has 6 nitrogen and oxygen atoms in total. The molecule has 2 aliphatic heterocycles. The van der Waals surface area contributed by atoms with Crippen LogP contribution in [0.2, 0.25) is 0 Å². The number of nitrogens with one attached hydrogen (secondary N) is 1. The predicted molar refractivity (Wildman–Crippen MR) is 78.4 cm³/mol. The van der Waals surface area contributed by atoms with Gasteiger partial charge in [-0.05, 0) is 20.9 Å². The van der Waals surface area contributed by atoms with Crippen LogP contribution in [0.15, 0.2) is 0 Å². The van der Waals surface area contributed by atoms with Crippen LogP contribution in [-0.4, -0.2) is 80.3 Å². The van der Waals surface area contributed by atoms with E-state index in [-0.39, 0.29) is 23.4 Å². The molecule has 2 rings (SSSR count). The van der Waals surface area contributed by atoms with Gasteiger partial charge in [0, 0.05) is 44.3 Å². The second kappa shape index (κ2) is 6.39. The van der Waals surface area contributed by atoms with Gasteiger partial charge in [0.25, 0.3) is 0 Å². The molecule has 2 atom stereocenters. The monoisotopic (exact) mass is 284 g/mol. The van der Waals surface area contributed by atoms with Gasteiger partial charge in [0.2, 0.25) is 5.91 Å². The summed E-state index contributed by atoms with van der Waals surface area (Å²) in [6, 6.07) is -0.165. The molecule has 2 unspecified atom stereocenters. The van der Waals surface area contributed by atoms with Gasteiger partial charge in [0.1, 0.15) is 0 Å². The number of piperazine rings is 1. The summed E-state index contributed by atoms with van der Waals surface area (Å²) in [5.41, 5.74) is 5.85. The molecule has 2 saturated heterocycles. The van der Waals surface area contributed by atoms with Crippen molar-refractivity contribution in [1.82, 2.24) is 15.1 Å². The van der Waals surface area contributed by atoms with Crippen molar-refractivity contribution in [3.63, 3.8) is 0 Å². The quantitative estimate of drug-likeness (QED) is 0.700. The Morgan fingerprint density at radius 2 is 1.95 bits per heavy atom. The molecule has 0 spiro atoms. The number of amides is 1. The zero-order valence-corrected chi connectivity index (χ0v) is 12.9. The highest BCUT2D eigenvalue weighted by atomic mass is 16.5. The third-order valence-corrected chi connectivity index (χ3v) is 4.52. The molecule has 116 valence electrons. The molecule has 2 heterocycles. The summed E-state index contributed by atoms with van der Waals surface area (Å²) < 4.78 is 5.25. The van der Waals surface area contributed by atoms with Gasteiger partial charge in [-0.1, -0.05) is 0 Å².